The molecule has 0 unspecified atom stereocenters. The largest absolute Gasteiger partial charge is 0.464 e. The Bertz CT molecular complexity index is 1100. The molecule has 0 amide bonds. The molecule has 0 bridgehead atoms. The molecule has 0 saturated carbocycles. The zero-order valence-corrected chi connectivity index (χ0v) is 15.7. The molecule has 0 radical (unpaired) electrons. The first-order chi connectivity index (χ1) is 13.7. The first kappa shape index (κ1) is 17.7. The second-order valence-electron chi connectivity index (χ2n) is 5.75. The molecule has 0 aliphatic rings. The summed E-state index contributed by atoms with van der Waals surface area (Å²) in [7, 11) is 1.30. The van der Waals surface area contributed by atoms with Gasteiger partial charge in [-0.3, -0.25) is 4.98 Å². The Balaban J connectivity index is 1.54. The van der Waals surface area contributed by atoms with Gasteiger partial charge in [-0.1, -0.05) is 18.2 Å². The fraction of sp³-hybridized carbons (Fsp3) is 0.0500. The lowest BCUT2D eigenvalue weighted by Gasteiger charge is -2.07. The first-order valence-electron chi connectivity index (χ1n) is 8.39. The lowest BCUT2D eigenvalue weighted by molar-refractivity contribution is 0.0593. The number of nitrogens with zero attached hydrogens (tertiary/aromatic N) is 4. The highest BCUT2D eigenvalue weighted by atomic mass is 32.1. The summed E-state index contributed by atoms with van der Waals surface area (Å²) in [5.41, 5.74) is 3.70. The van der Waals surface area contributed by atoms with Crippen LogP contribution in [-0.2, 0) is 4.74 Å². The van der Waals surface area contributed by atoms with Gasteiger partial charge in [0.05, 0.1) is 18.5 Å². The summed E-state index contributed by atoms with van der Waals surface area (Å²) in [6.45, 7) is 0. The van der Waals surface area contributed by atoms with E-state index in [1.807, 2.05) is 47.8 Å². The van der Waals surface area contributed by atoms with Gasteiger partial charge in [-0.15, -0.1) is 21.5 Å². The number of methoxy groups -OCH3 is 1. The SMILES string of the molecule is COC(=O)c1ccc(Nc2cccc(-c3csc(-c4ccccn4)n3)c2)nn1. The third-order valence-corrected chi connectivity index (χ3v) is 4.74. The van der Waals surface area contributed by atoms with Crippen LogP contribution in [0, 0.1) is 0 Å². The Morgan fingerprint density at radius 1 is 1.04 bits per heavy atom. The molecule has 28 heavy (non-hydrogen) atoms. The summed E-state index contributed by atoms with van der Waals surface area (Å²) < 4.78 is 4.62. The zero-order chi connectivity index (χ0) is 19.3. The van der Waals surface area contributed by atoms with Crippen LogP contribution >= 0.6 is 11.3 Å². The van der Waals surface area contributed by atoms with Crippen molar-refractivity contribution in [2.45, 2.75) is 0 Å². The molecule has 4 rings (SSSR count). The van der Waals surface area contributed by atoms with Gasteiger partial charge in [0.1, 0.15) is 5.01 Å². The molecular weight excluding hydrogens is 374 g/mol. The van der Waals surface area contributed by atoms with Crippen LogP contribution in [0.4, 0.5) is 11.5 Å². The summed E-state index contributed by atoms with van der Waals surface area (Å²) in [6, 6.07) is 16.8. The molecule has 4 aromatic rings. The van der Waals surface area contributed by atoms with Gasteiger partial charge in [-0.05, 0) is 36.4 Å². The van der Waals surface area contributed by atoms with Crippen LogP contribution in [0.1, 0.15) is 10.5 Å². The Morgan fingerprint density at radius 2 is 1.96 bits per heavy atom. The number of thiazole rings is 1. The van der Waals surface area contributed by atoms with Crippen molar-refractivity contribution in [3.8, 4) is 22.0 Å². The van der Waals surface area contributed by atoms with Gasteiger partial charge in [-0.25, -0.2) is 9.78 Å². The smallest absolute Gasteiger partial charge is 0.358 e. The topological polar surface area (TPSA) is 89.9 Å². The molecular formula is C20H15N5O2S. The molecule has 0 spiro atoms. The van der Waals surface area contributed by atoms with Crippen LogP contribution in [0.5, 0.6) is 0 Å². The van der Waals surface area contributed by atoms with Crippen molar-refractivity contribution in [1.29, 1.82) is 0 Å². The van der Waals surface area contributed by atoms with E-state index in [-0.39, 0.29) is 5.69 Å². The summed E-state index contributed by atoms with van der Waals surface area (Å²) in [5.74, 6) is 0.00513. The average molecular weight is 389 g/mol. The van der Waals surface area contributed by atoms with Crippen molar-refractivity contribution in [3.63, 3.8) is 0 Å². The van der Waals surface area contributed by atoms with E-state index in [1.165, 1.54) is 7.11 Å². The molecule has 0 aliphatic heterocycles. The number of hydrogen-bond donors (Lipinski definition) is 1. The van der Waals surface area contributed by atoms with Crippen LogP contribution in [0.15, 0.2) is 66.2 Å². The molecule has 0 saturated heterocycles. The highest BCUT2D eigenvalue weighted by molar-refractivity contribution is 7.13. The standard InChI is InChI=1S/C20H15N5O2S/c1-27-20(26)16-8-9-18(25-24-16)22-14-6-4-5-13(11-14)17-12-28-19(23-17)15-7-2-3-10-21-15/h2-12H,1H3,(H,22,25). The third-order valence-electron chi connectivity index (χ3n) is 3.88. The van der Waals surface area contributed by atoms with E-state index < -0.39 is 5.97 Å². The van der Waals surface area contributed by atoms with Crippen LogP contribution < -0.4 is 5.32 Å². The van der Waals surface area contributed by atoms with Crippen LogP contribution in [0.2, 0.25) is 0 Å². The van der Waals surface area contributed by atoms with Gasteiger partial charge in [0, 0.05) is 22.8 Å². The molecule has 0 fully saturated rings. The minimum absolute atomic E-state index is 0.159. The number of nitrogens with one attached hydrogen (secondary N) is 1. The highest BCUT2D eigenvalue weighted by Crippen LogP contribution is 2.29. The van der Waals surface area contributed by atoms with E-state index in [0.717, 1.165) is 27.6 Å². The van der Waals surface area contributed by atoms with Crippen LogP contribution in [-0.4, -0.2) is 33.2 Å². The lowest BCUT2D eigenvalue weighted by atomic mass is 10.1. The van der Waals surface area contributed by atoms with E-state index in [4.69, 9.17) is 0 Å². The number of aromatic nitrogens is 4. The van der Waals surface area contributed by atoms with Gasteiger partial charge in [0.25, 0.3) is 0 Å². The Morgan fingerprint density at radius 3 is 2.71 bits per heavy atom. The van der Waals surface area contributed by atoms with Crippen LogP contribution in [0.25, 0.3) is 22.0 Å². The predicted molar refractivity (Wildman–Crippen MR) is 107 cm³/mol. The number of hydrogen-bond acceptors (Lipinski definition) is 8. The maximum Gasteiger partial charge on any atom is 0.358 e. The van der Waals surface area contributed by atoms with Crippen molar-refractivity contribution < 1.29 is 9.53 Å². The zero-order valence-electron chi connectivity index (χ0n) is 14.9. The Kier molecular flexibility index (Phi) is 5.03. The van der Waals surface area contributed by atoms with E-state index >= 15 is 0 Å². The lowest BCUT2D eigenvalue weighted by Crippen LogP contribution is -2.06. The Hall–Kier alpha value is -3.65. The quantitative estimate of drug-likeness (QED) is 0.512. The summed E-state index contributed by atoms with van der Waals surface area (Å²) >= 11 is 1.55. The molecule has 3 aromatic heterocycles. The summed E-state index contributed by atoms with van der Waals surface area (Å²) in [6.07, 6.45) is 1.76. The molecule has 8 heteroatoms. The number of carbonyl (C=O) groups is 1. The van der Waals surface area contributed by atoms with Crippen LogP contribution in [0.3, 0.4) is 0 Å². The fourth-order valence-electron chi connectivity index (χ4n) is 2.53. The second kappa shape index (κ2) is 7.93. The fourth-order valence-corrected chi connectivity index (χ4v) is 3.33. The van der Waals surface area contributed by atoms with Gasteiger partial charge in [0.15, 0.2) is 11.5 Å². The monoisotopic (exact) mass is 389 g/mol. The van der Waals surface area contributed by atoms with Gasteiger partial charge in [0.2, 0.25) is 0 Å². The van der Waals surface area contributed by atoms with Gasteiger partial charge < -0.3 is 10.1 Å². The predicted octanol–water partition coefficient (Wildman–Crippen LogP) is 4.19. The molecule has 138 valence electrons. The maximum absolute atomic E-state index is 11.4. The van der Waals surface area contributed by atoms with Crippen molar-refractivity contribution in [1.82, 2.24) is 20.2 Å². The number of pyridine rings is 1. The summed E-state index contributed by atoms with van der Waals surface area (Å²) in [5, 5.41) is 13.9. The van der Waals surface area contributed by atoms with Crippen molar-refractivity contribution >= 4 is 28.8 Å². The normalized spacial score (nSPS) is 10.5. The number of anilines is 2. The molecule has 1 N–H and O–H groups in total. The summed E-state index contributed by atoms with van der Waals surface area (Å²) in [4.78, 5) is 20.5. The number of carbonyl (C=O) groups excluding carboxylic acids is 1. The minimum atomic E-state index is -0.520. The second-order valence-corrected chi connectivity index (χ2v) is 6.61. The van der Waals surface area contributed by atoms with Crippen molar-refractivity contribution in [3.05, 3.63) is 71.9 Å². The molecule has 3 heterocycles. The van der Waals surface area contributed by atoms with Gasteiger partial charge in [-0.2, -0.15) is 0 Å². The first-order valence-corrected chi connectivity index (χ1v) is 9.27. The molecule has 0 aliphatic carbocycles. The number of benzene rings is 1. The van der Waals surface area contributed by atoms with Crippen molar-refractivity contribution in [2.24, 2.45) is 0 Å². The van der Waals surface area contributed by atoms with E-state index in [1.54, 1.807) is 29.7 Å². The minimum Gasteiger partial charge on any atom is -0.464 e. The Labute approximate surface area is 165 Å². The third kappa shape index (κ3) is 3.86. The van der Waals surface area contributed by atoms with E-state index in [2.05, 4.69) is 30.2 Å². The van der Waals surface area contributed by atoms with Gasteiger partial charge >= 0.3 is 5.97 Å². The van der Waals surface area contributed by atoms with Crippen molar-refractivity contribution in [2.75, 3.05) is 12.4 Å². The number of ether oxygens (including phenoxy) is 1. The molecule has 7 nitrogen and oxygen atoms in total. The molecule has 0 atom stereocenters. The average Bonchev–Trinajstić information content (AvgIpc) is 3.25. The molecule has 1 aromatic carbocycles. The maximum atomic E-state index is 11.4. The van der Waals surface area contributed by atoms with E-state index in [0.29, 0.717) is 5.82 Å². The van der Waals surface area contributed by atoms with E-state index in [9.17, 15) is 4.79 Å². The number of rotatable bonds is 5. The highest BCUT2D eigenvalue weighted by Gasteiger charge is 2.10. The number of esters is 1.